The molecule has 7 nitrogen and oxygen atoms in total. The zero-order chi connectivity index (χ0) is 24.5. The molecule has 34 heavy (non-hydrogen) atoms. The molecule has 2 aromatic rings. The van der Waals surface area contributed by atoms with E-state index in [0.29, 0.717) is 38.2 Å². The Balaban J connectivity index is 1.63. The summed E-state index contributed by atoms with van der Waals surface area (Å²) in [5.74, 6) is -0.332. The minimum absolute atomic E-state index is 0.0102. The minimum atomic E-state index is -0.257. The van der Waals surface area contributed by atoms with Crippen LogP contribution < -0.4 is 5.32 Å². The maximum Gasteiger partial charge on any atom is 0.322 e. The average Bonchev–Trinajstić information content (AvgIpc) is 2.86. The van der Waals surface area contributed by atoms with Crippen LogP contribution in [0.4, 0.5) is 10.5 Å². The third-order valence-electron chi connectivity index (χ3n) is 6.14. The molecule has 1 atom stereocenters. The number of amides is 3. The van der Waals surface area contributed by atoms with Gasteiger partial charge in [0.15, 0.2) is 0 Å². The van der Waals surface area contributed by atoms with E-state index >= 15 is 0 Å². The molecule has 0 radical (unpaired) electrons. The second-order valence-electron chi connectivity index (χ2n) is 8.37. The number of anilines is 1. The fourth-order valence-electron chi connectivity index (χ4n) is 4.11. The maximum atomic E-state index is 13.2. The second kappa shape index (κ2) is 12.6. The quantitative estimate of drug-likeness (QED) is 0.474. The highest BCUT2D eigenvalue weighted by Gasteiger charge is 2.29. The van der Waals surface area contributed by atoms with Gasteiger partial charge in [0, 0.05) is 36.2 Å². The minimum Gasteiger partial charge on any atom is -0.466 e. The molecule has 1 heterocycles. The Labute approximate surface area is 209 Å². The first kappa shape index (κ1) is 25.7. The lowest BCUT2D eigenvalue weighted by atomic mass is 9.97. The lowest BCUT2D eigenvalue weighted by Gasteiger charge is -2.33. The Hall–Kier alpha value is -2.87. The van der Waals surface area contributed by atoms with Gasteiger partial charge < -0.3 is 19.9 Å². The van der Waals surface area contributed by atoms with Crippen LogP contribution >= 0.6 is 15.9 Å². The van der Waals surface area contributed by atoms with Crippen LogP contribution in [-0.2, 0) is 14.3 Å². The molecular formula is C26H32BrN3O4. The van der Waals surface area contributed by atoms with E-state index in [-0.39, 0.29) is 42.8 Å². The molecule has 1 unspecified atom stereocenters. The van der Waals surface area contributed by atoms with Gasteiger partial charge in [-0.05, 0) is 56.5 Å². The zero-order valence-electron chi connectivity index (χ0n) is 19.7. The number of ether oxygens (including phenoxy) is 1. The molecule has 0 spiro atoms. The number of rotatable bonds is 8. The van der Waals surface area contributed by atoms with Gasteiger partial charge in [-0.2, -0.15) is 0 Å². The normalized spacial score (nSPS) is 14.9. The van der Waals surface area contributed by atoms with E-state index < -0.39 is 0 Å². The van der Waals surface area contributed by atoms with Gasteiger partial charge in [0.25, 0.3) is 0 Å². The van der Waals surface area contributed by atoms with Gasteiger partial charge in [-0.15, -0.1) is 0 Å². The summed E-state index contributed by atoms with van der Waals surface area (Å²) in [4.78, 5) is 41.6. The summed E-state index contributed by atoms with van der Waals surface area (Å²) in [5.41, 5.74) is 1.68. The smallest absolute Gasteiger partial charge is 0.322 e. The number of benzene rings is 2. The number of likely N-dealkylation sites (tertiary alicyclic amines) is 1. The highest BCUT2D eigenvalue weighted by atomic mass is 79.9. The fraction of sp³-hybridized carbons (Fsp3) is 0.423. The molecule has 3 rings (SSSR count). The van der Waals surface area contributed by atoms with E-state index in [1.807, 2.05) is 61.5 Å². The number of carbonyl (C=O) groups excluding carboxylic acids is 3. The lowest BCUT2D eigenvalue weighted by molar-refractivity contribution is -0.151. The van der Waals surface area contributed by atoms with Crippen LogP contribution in [0.15, 0.2) is 59.1 Å². The number of nitrogens with zero attached hydrogens (tertiary/aromatic N) is 2. The van der Waals surface area contributed by atoms with Crippen molar-refractivity contribution in [3.63, 3.8) is 0 Å². The van der Waals surface area contributed by atoms with Crippen LogP contribution in [0, 0.1) is 5.92 Å². The topological polar surface area (TPSA) is 79.0 Å². The van der Waals surface area contributed by atoms with Crippen LogP contribution in [0.3, 0.4) is 0 Å². The predicted octanol–water partition coefficient (Wildman–Crippen LogP) is 5.24. The van der Waals surface area contributed by atoms with Crippen molar-refractivity contribution in [3.8, 4) is 0 Å². The van der Waals surface area contributed by atoms with Crippen molar-refractivity contribution in [1.82, 2.24) is 9.80 Å². The molecule has 2 aromatic carbocycles. The summed E-state index contributed by atoms with van der Waals surface area (Å²) in [6, 6.07) is 16.7. The van der Waals surface area contributed by atoms with Gasteiger partial charge in [0.1, 0.15) is 0 Å². The molecule has 1 aliphatic heterocycles. The Morgan fingerprint density at radius 2 is 1.74 bits per heavy atom. The van der Waals surface area contributed by atoms with Crippen molar-refractivity contribution >= 4 is 39.5 Å². The SMILES string of the molecule is CCOC(=O)C1CCN(C(=O)CCN(C(=O)Nc2ccc(Br)cc2)C(C)c2ccccc2)CC1. The van der Waals surface area contributed by atoms with Gasteiger partial charge in [0.2, 0.25) is 5.91 Å². The van der Waals surface area contributed by atoms with Gasteiger partial charge >= 0.3 is 12.0 Å². The predicted molar refractivity (Wildman–Crippen MR) is 135 cm³/mol. The molecule has 8 heteroatoms. The molecule has 1 fully saturated rings. The summed E-state index contributed by atoms with van der Waals surface area (Å²) < 4.78 is 6.04. The molecule has 0 saturated carbocycles. The standard InChI is InChI=1S/C26H32BrN3O4/c1-3-34-25(32)21-13-16-29(17-14-21)24(31)15-18-30(19(2)20-7-5-4-6-8-20)26(33)28-23-11-9-22(27)10-12-23/h4-12,19,21H,3,13-18H2,1-2H3,(H,28,33). The van der Waals surface area contributed by atoms with E-state index in [2.05, 4.69) is 21.2 Å². The Morgan fingerprint density at radius 3 is 2.35 bits per heavy atom. The summed E-state index contributed by atoms with van der Waals surface area (Å²) in [5, 5.41) is 2.94. The number of carbonyl (C=O) groups is 3. The Kier molecular flexibility index (Phi) is 9.51. The van der Waals surface area contributed by atoms with Crippen molar-refractivity contribution in [3.05, 3.63) is 64.6 Å². The third kappa shape index (κ3) is 7.06. The fourth-order valence-corrected chi connectivity index (χ4v) is 4.37. The van der Waals surface area contributed by atoms with E-state index in [9.17, 15) is 14.4 Å². The Bertz CT molecular complexity index is 960. The van der Waals surface area contributed by atoms with Gasteiger partial charge in [-0.1, -0.05) is 46.3 Å². The number of urea groups is 1. The van der Waals surface area contributed by atoms with E-state index in [0.717, 1.165) is 10.0 Å². The number of hydrogen-bond acceptors (Lipinski definition) is 4. The number of nitrogens with one attached hydrogen (secondary N) is 1. The first-order valence-corrected chi connectivity index (χ1v) is 12.5. The van der Waals surface area contributed by atoms with Crippen molar-refractivity contribution in [1.29, 1.82) is 0 Å². The summed E-state index contributed by atoms with van der Waals surface area (Å²) in [6.07, 6.45) is 1.44. The highest BCUT2D eigenvalue weighted by molar-refractivity contribution is 9.10. The average molecular weight is 530 g/mol. The summed E-state index contributed by atoms with van der Waals surface area (Å²) >= 11 is 3.40. The van der Waals surface area contributed by atoms with Crippen LogP contribution in [-0.4, -0.2) is 53.9 Å². The van der Waals surface area contributed by atoms with Crippen molar-refractivity contribution in [2.24, 2.45) is 5.92 Å². The monoisotopic (exact) mass is 529 g/mol. The maximum absolute atomic E-state index is 13.2. The number of halogens is 1. The van der Waals surface area contributed by atoms with Gasteiger partial charge in [-0.25, -0.2) is 4.79 Å². The molecule has 0 bridgehead atoms. The van der Waals surface area contributed by atoms with Crippen molar-refractivity contribution < 1.29 is 19.1 Å². The molecule has 3 amide bonds. The number of piperidine rings is 1. The van der Waals surface area contributed by atoms with Crippen LogP contribution in [0.2, 0.25) is 0 Å². The van der Waals surface area contributed by atoms with Crippen LogP contribution in [0.25, 0.3) is 0 Å². The molecular weight excluding hydrogens is 498 g/mol. The number of esters is 1. The molecule has 1 aliphatic rings. The molecule has 182 valence electrons. The van der Waals surface area contributed by atoms with E-state index in [4.69, 9.17) is 4.74 Å². The third-order valence-corrected chi connectivity index (χ3v) is 6.67. The lowest BCUT2D eigenvalue weighted by Crippen LogP contribution is -2.43. The van der Waals surface area contributed by atoms with E-state index in [1.54, 1.807) is 16.7 Å². The second-order valence-corrected chi connectivity index (χ2v) is 9.29. The molecule has 1 N–H and O–H groups in total. The first-order chi connectivity index (χ1) is 16.4. The Morgan fingerprint density at radius 1 is 1.09 bits per heavy atom. The van der Waals surface area contributed by atoms with Gasteiger partial charge in [-0.3, -0.25) is 9.59 Å². The molecule has 0 aliphatic carbocycles. The van der Waals surface area contributed by atoms with Crippen molar-refractivity contribution in [2.75, 3.05) is 31.6 Å². The number of hydrogen-bond donors (Lipinski definition) is 1. The van der Waals surface area contributed by atoms with E-state index in [1.165, 1.54) is 0 Å². The largest absolute Gasteiger partial charge is 0.466 e. The first-order valence-electron chi connectivity index (χ1n) is 11.7. The summed E-state index contributed by atoms with van der Waals surface area (Å²) in [6.45, 7) is 5.48. The molecule has 1 saturated heterocycles. The summed E-state index contributed by atoms with van der Waals surface area (Å²) in [7, 11) is 0. The molecule has 0 aromatic heterocycles. The van der Waals surface area contributed by atoms with Crippen LogP contribution in [0.1, 0.15) is 44.7 Å². The van der Waals surface area contributed by atoms with Crippen molar-refractivity contribution in [2.45, 2.75) is 39.2 Å². The zero-order valence-corrected chi connectivity index (χ0v) is 21.3. The highest BCUT2D eigenvalue weighted by Crippen LogP contribution is 2.24. The van der Waals surface area contributed by atoms with Gasteiger partial charge in [0.05, 0.1) is 18.6 Å². The van der Waals surface area contributed by atoms with Crippen LogP contribution in [0.5, 0.6) is 0 Å².